The Morgan fingerprint density at radius 3 is 2.41 bits per heavy atom. The summed E-state index contributed by atoms with van der Waals surface area (Å²) in [5, 5.41) is 1.05. The molecule has 0 bridgehead atoms. The van der Waals surface area contributed by atoms with Crippen molar-refractivity contribution in [2.24, 2.45) is 0 Å². The van der Waals surface area contributed by atoms with Crippen LogP contribution < -0.4 is 9.80 Å². The van der Waals surface area contributed by atoms with Gasteiger partial charge in [0.15, 0.2) is 5.82 Å². The van der Waals surface area contributed by atoms with Crippen molar-refractivity contribution in [3.05, 3.63) is 60.4 Å². The van der Waals surface area contributed by atoms with Crippen LogP contribution in [-0.4, -0.2) is 41.1 Å². The molecule has 4 aromatic rings. The van der Waals surface area contributed by atoms with Crippen molar-refractivity contribution < 1.29 is 13.2 Å². The second-order valence-corrected chi connectivity index (χ2v) is 7.11. The fourth-order valence-electron chi connectivity index (χ4n) is 3.92. The maximum Gasteiger partial charge on any atom is 0.416 e. The van der Waals surface area contributed by atoms with Gasteiger partial charge in [-0.25, -0.2) is 9.97 Å². The van der Waals surface area contributed by atoms with Crippen molar-refractivity contribution in [2.75, 3.05) is 36.0 Å². The van der Waals surface area contributed by atoms with E-state index in [-0.39, 0.29) is 0 Å². The van der Waals surface area contributed by atoms with Crippen LogP contribution in [0.1, 0.15) is 5.56 Å². The Morgan fingerprint density at radius 2 is 1.62 bits per heavy atom. The molecule has 1 aliphatic rings. The number of hydrogen-bond acceptors (Lipinski definition) is 4. The molecule has 1 fully saturated rings. The number of aromatic nitrogens is 3. The highest BCUT2D eigenvalue weighted by Crippen LogP contribution is 2.33. The maximum absolute atomic E-state index is 13.0. The standard InChI is InChI=1S/C21H18F3N5/c22-21(23,24)14-4-3-5-15(12-14)28-8-10-29(11-9-28)20-19-18(25-13-26-20)16-6-1-2-7-17(16)27-19/h1-7,12-13,27H,8-11H2. The summed E-state index contributed by atoms with van der Waals surface area (Å²) in [6.07, 6.45) is -2.77. The van der Waals surface area contributed by atoms with Gasteiger partial charge < -0.3 is 14.8 Å². The first kappa shape index (κ1) is 17.8. The number of piperazine rings is 1. The highest BCUT2D eigenvalue weighted by molar-refractivity contribution is 6.08. The van der Waals surface area contributed by atoms with Gasteiger partial charge in [-0.1, -0.05) is 24.3 Å². The molecule has 1 N–H and O–H groups in total. The maximum atomic E-state index is 13.0. The number of benzene rings is 2. The van der Waals surface area contributed by atoms with Gasteiger partial charge in [0, 0.05) is 42.8 Å². The van der Waals surface area contributed by atoms with E-state index in [1.807, 2.05) is 29.2 Å². The topological polar surface area (TPSA) is 48.1 Å². The number of anilines is 2. The lowest BCUT2D eigenvalue weighted by Gasteiger charge is -2.37. The van der Waals surface area contributed by atoms with Crippen LogP contribution in [0.3, 0.4) is 0 Å². The number of H-pyrrole nitrogens is 1. The van der Waals surface area contributed by atoms with Crippen LogP contribution in [0, 0.1) is 0 Å². The molecule has 0 aliphatic carbocycles. The fourth-order valence-corrected chi connectivity index (χ4v) is 3.92. The summed E-state index contributed by atoms with van der Waals surface area (Å²) in [5.74, 6) is 0.829. The second kappa shape index (κ2) is 6.65. The van der Waals surface area contributed by atoms with Gasteiger partial charge in [0.2, 0.25) is 0 Å². The highest BCUT2D eigenvalue weighted by atomic mass is 19.4. The molecule has 0 spiro atoms. The van der Waals surface area contributed by atoms with E-state index in [1.54, 1.807) is 12.4 Å². The molecule has 29 heavy (non-hydrogen) atoms. The van der Waals surface area contributed by atoms with Crippen molar-refractivity contribution in [1.29, 1.82) is 0 Å². The molecular formula is C21H18F3N5. The van der Waals surface area contributed by atoms with E-state index in [4.69, 9.17) is 0 Å². The summed E-state index contributed by atoms with van der Waals surface area (Å²) in [7, 11) is 0. The molecule has 1 aliphatic heterocycles. The summed E-state index contributed by atoms with van der Waals surface area (Å²) in [6.45, 7) is 2.56. The third kappa shape index (κ3) is 3.14. The van der Waals surface area contributed by atoms with E-state index in [1.165, 1.54) is 12.1 Å². The summed E-state index contributed by atoms with van der Waals surface area (Å²) in [4.78, 5) is 16.5. The van der Waals surface area contributed by atoms with Gasteiger partial charge in [0.25, 0.3) is 0 Å². The zero-order valence-electron chi connectivity index (χ0n) is 15.4. The van der Waals surface area contributed by atoms with E-state index >= 15 is 0 Å². The predicted octanol–water partition coefficient (Wildman–Crippen LogP) is 4.46. The van der Waals surface area contributed by atoms with Crippen LogP contribution in [0.2, 0.25) is 0 Å². The van der Waals surface area contributed by atoms with Gasteiger partial charge in [-0.2, -0.15) is 13.2 Å². The lowest BCUT2D eigenvalue weighted by Crippen LogP contribution is -2.47. The molecule has 2 aromatic heterocycles. The Bertz CT molecular complexity index is 1180. The Balaban J connectivity index is 1.40. The molecule has 1 saturated heterocycles. The SMILES string of the molecule is FC(F)(F)c1cccc(N2CCN(c3ncnc4c3[nH]c3ccccc34)CC2)c1. The third-order valence-electron chi connectivity index (χ3n) is 5.39. The summed E-state index contributed by atoms with van der Waals surface area (Å²) < 4.78 is 39.0. The molecule has 148 valence electrons. The lowest BCUT2D eigenvalue weighted by molar-refractivity contribution is -0.137. The van der Waals surface area contributed by atoms with Gasteiger partial charge in [-0.3, -0.25) is 0 Å². The Morgan fingerprint density at radius 1 is 0.862 bits per heavy atom. The molecule has 0 saturated carbocycles. The number of para-hydroxylation sites is 1. The molecule has 0 unspecified atom stereocenters. The summed E-state index contributed by atoms with van der Waals surface area (Å²) in [6, 6.07) is 13.5. The number of alkyl halides is 3. The normalized spacial score (nSPS) is 15.4. The van der Waals surface area contributed by atoms with Crippen molar-refractivity contribution in [2.45, 2.75) is 6.18 Å². The molecule has 2 aromatic carbocycles. The largest absolute Gasteiger partial charge is 0.416 e. The van der Waals surface area contributed by atoms with E-state index < -0.39 is 11.7 Å². The molecular weight excluding hydrogens is 379 g/mol. The number of nitrogens with one attached hydrogen (secondary N) is 1. The van der Waals surface area contributed by atoms with E-state index in [0.29, 0.717) is 31.9 Å². The zero-order chi connectivity index (χ0) is 20.0. The molecule has 0 radical (unpaired) electrons. The van der Waals surface area contributed by atoms with E-state index in [9.17, 15) is 13.2 Å². The zero-order valence-corrected chi connectivity index (χ0v) is 15.4. The van der Waals surface area contributed by atoms with Crippen molar-refractivity contribution >= 4 is 33.4 Å². The fraction of sp³-hybridized carbons (Fsp3) is 0.238. The molecule has 0 amide bonds. The molecule has 3 heterocycles. The van der Waals surface area contributed by atoms with Crippen molar-refractivity contribution in [3.8, 4) is 0 Å². The number of fused-ring (bicyclic) bond motifs is 3. The number of aromatic amines is 1. The van der Waals surface area contributed by atoms with Crippen molar-refractivity contribution in [3.63, 3.8) is 0 Å². The van der Waals surface area contributed by atoms with E-state index in [0.717, 1.165) is 33.8 Å². The smallest absolute Gasteiger partial charge is 0.368 e. The van der Waals surface area contributed by atoms with Gasteiger partial charge >= 0.3 is 6.18 Å². The first-order chi connectivity index (χ1) is 14.0. The minimum Gasteiger partial charge on any atom is -0.368 e. The number of rotatable bonds is 2. The van der Waals surface area contributed by atoms with Crippen LogP contribution in [-0.2, 0) is 6.18 Å². The minimum absolute atomic E-state index is 0.595. The van der Waals surface area contributed by atoms with Gasteiger partial charge in [0.05, 0.1) is 5.56 Å². The first-order valence-corrected chi connectivity index (χ1v) is 9.39. The quantitative estimate of drug-likeness (QED) is 0.543. The van der Waals surface area contributed by atoms with Gasteiger partial charge in [-0.05, 0) is 24.3 Å². The summed E-state index contributed by atoms with van der Waals surface area (Å²) >= 11 is 0. The highest BCUT2D eigenvalue weighted by Gasteiger charge is 2.31. The van der Waals surface area contributed by atoms with E-state index in [2.05, 4.69) is 19.9 Å². The van der Waals surface area contributed by atoms with Crippen molar-refractivity contribution in [1.82, 2.24) is 15.0 Å². The Labute approximate surface area is 164 Å². The number of nitrogens with zero attached hydrogens (tertiary/aromatic N) is 4. The Kier molecular flexibility index (Phi) is 4.08. The monoisotopic (exact) mass is 397 g/mol. The third-order valence-corrected chi connectivity index (χ3v) is 5.39. The van der Waals surface area contributed by atoms with Crippen LogP contribution in [0.4, 0.5) is 24.7 Å². The lowest BCUT2D eigenvalue weighted by atomic mass is 10.1. The molecule has 0 atom stereocenters. The van der Waals surface area contributed by atoms with Gasteiger partial charge in [0.1, 0.15) is 17.4 Å². The number of halogens is 3. The predicted molar refractivity (Wildman–Crippen MR) is 107 cm³/mol. The van der Waals surface area contributed by atoms with Crippen LogP contribution in [0.15, 0.2) is 54.9 Å². The Hall–Kier alpha value is -3.29. The van der Waals surface area contributed by atoms with Crippen LogP contribution in [0.5, 0.6) is 0 Å². The van der Waals surface area contributed by atoms with Crippen LogP contribution >= 0.6 is 0 Å². The average Bonchev–Trinajstić information content (AvgIpc) is 3.12. The summed E-state index contributed by atoms with van der Waals surface area (Å²) in [5.41, 5.74) is 2.75. The molecule has 8 heteroatoms. The van der Waals surface area contributed by atoms with Gasteiger partial charge in [-0.15, -0.1) is 0 Å². The second-order valence-electron chi connectivity index (χ2n) is 7.11. The number of hydrogen-bond donors (Lipinski definition) is 1. The van der Waals surface area contributed by atoms with Crippen LogP contribution in [0.25, 0.3) is 21.9 Å². The molecule has 5 rings (SSSR count). The molecule has 5 nitrogen and oxygen atoms in total. The first-order valence-electron chi connectivity index (χ1n) is 9.39. The average molecular weight is 397 g/mol. The minimum atomic E-state index is -4.33.